The summed E-state index contributed by atoms with van der Waals surface area (Å²) in [6.45, 7) is 6.59. The molecule has 0 amide bonds. The minimum atomic E-state index is 0.665. The summed E-state index contributed by atoms with van der Waals surface area (Å²) in [6, 6.07) is 8.17. The third-order valence-electron chi connectivity index (χ3n) is 2.69. The fourth-order valence-electron chi connectivity index (χ4n) is 1.89. The van der Waals surface area contributed by atoms with E-state index < -0.39 is 0 Å². The lowest BCUT2D eigenvalue weighted by atomic mass is 10.1. The van der Waals surface area contributed by atoms with Gasteiger partial charge in [-0.15, -0.1) is 0 Å². The van der Waals surface area contributed by atoms with E-state index in [0.717, 1.165) is 24.4 Å². The summed E-state index contributed by atoms with van der Waals surface area (Å²) in [5.74, 6) is 0.864. The molecule has 0 saturated carbocycles. The summed E-state index contributed by atoms with van der Waals surface area (Å²) < 4.78 is 5.60. The summed E-state index contributed by atoms with van der Waals surface area (Å²) in [5, 5.41) is 4.51. The fraction of sp³-hybridized carbons (Fsp3) is 0.357. The second-order valence-corrected chi connectivity index (χ2v) is 3.84. The molecule has 0 bridgehead atoms. The predicted octanol–water partition coefficient (Wildman–Crippen LogP) is 2.74. The van der Waals surface area contributed by atoms with Gasteiger partial charge in [-0.3, -0.25) is 4.98 Å². The molecule has 0 unspecified atom stereocenters. The van der Waals surface area contributed by atoms with Gasteiger partial charge < -0.3 is 10.1 Å². The van der Waals surface area contributed by atoms with E-state index in [0.29, 0.717) is 6.61 Å². The van der Waals surface area contributed by atoms with Crippen LogP contribution in [0.1, 0.15) is 19.4 Å². The third-order valence-corrected chi connectivity index (χ3v) is 2.69. The van der Waals surface area contributed by atoms with Crippen LogP contribution in [0.3, 0.4) is 0 Å². The van der Waals surface area contributed by atoms with Crippen LogP contribution in [0, 0.1) is 0 Å². The van der Waals surface area contributed by atoms with Gasteiger partial charge in [0.2, 0.25) is 0 Å². The van der Waals surface area contributed by atoms with E-state index in [9.17, 15) is 0 Å². The van der Waals surface area contributed by atoms with Crippen LogP contribution in [-0.2, 0) is 6.54 Å². The number of hydrogen-bond acceptors (Lipinski definition) is 3. The molecular formula is C14H18N2O. The average molecular weight is 230 g/mol. The van der Waals surface area contributed by atoms with Crippen molar-refractivity contribution in [2.24, 2.45) is 0 Å². The smallest absolute Gasteiger partial charge is 0.145 e. The maximum atomic E-state index is 5.60. The molecule has 0 aliphatic rings. The average Bonchev–Trinajstić information content (AvgIpc) is 2.38. The molecule has 17 heavy (non-hydrogen) atoms. The zero-order valence-corrected chi connectivity index (χ0v) is 10.4. The number of rotatable bonds is 5. The van der Waals surface area contributed by atoms with Crippen molar-refractivity contribution in [3.05, 3.63) is 36.0 Å². The molecule has 2 aromatic rings. The predicted molar refractivity (Wildman–Crippen MR) is 70.3 cm³/mol. The molecule has 0 atom stereocenters. The number of benzene rings is 1. The Morgan fingerprint density at radius 1 is 1.24 bits per heavy atom. The molecule has 1 heterocycles. The van der Waals surface area contributed by atoms with E-state index in [1.807, 2.05) is 25.3 Å². The van der Waals surface area contributed by atoms with E-state index in [-0.39, 0.29) is 0 Å². The molecule has 0 fully saturated rings. The SMILES string of the molecule is CCNCc1ccc(OCC)c2ncccc12. The zero-order chi connectivity index (χ0) is 12.1. The van der Waals surface area contributed by atoms with Crippen LogP contribution in [0.25, 0.3) is 10.9 Å². The minimum Gasteiger partial charge on any atom is -0.492 e. The first-order valence-electron chi connectivity index (χ1n) is 6.07. The largest absolute Gasteiger partial charge is 0.492 e. The highest BCUT2D eigenvalue weighted by atomic mass is 16.5. The number of nitrogens with one attached hydrogen (secondary N) is 1. The van der Waals surface area contributed by atoms with Crippen molar-refractivity contribution in [3.63, 3.8) is 0 Å². The number of ether oxygens (including phenoxy) is 1. The number of pyridine rings is 1. The molecule has 0 spiro atoms. The first-order chi connectivity index (χ1) is 8.36. The Hall–Kier alpha value is -1.61. The molecule has 3 heteroatoms. The highest BCUT2D eigenvalue weighted by molar-refractivity contribution is 5.87. The molecule has 2 rings (SSSR count). The van der Waals surface area contributed by atoms with Gasteiger partial charge in [-0.1, -0.05) is 19.1 Å². The first kappa shape index (κ1) is 11.9. The molecule has 0 aliphatic carbocycles. The van der Waals surface area contributed by atoms with Gasteiger partial charge in [-0.2, -0.15) is 0 Å². The molecule has 1 aromatic heterocycles. The van der Waals surface area contributed by atoms with Crippen LogP contribution in [0.15, 0.2) is 30.5 Å². The Labute approximate surface area is 102 Å². The lowest BCUT2D eigenvalue weighted by Gasteiger charge is -2.10. The summed E-state index contributed by atoms with van der Waals surface area (Å²) in [6.07, 6.45) is 1.81. The molecule has 0 aliphatic heterocycles. The van der Waals surface area contributed by atoms with Crippen molar-refractivity contribution in [3.8, 4) is 5.75 Å². The van der Waals surface area contributed by atoms with E-state index in [2.05, 4.69) is 29.4 Å². The Kier molecular flexibility index (Phi) is 3.94. The van der Waals surface area contributed by atoms with E-state index in [1.54, 1.807) is 0 Å². The maximum absolute atomic E-state index is 5.60. The molecule has 3 nitrogen and oxygen atoms in total. The second-order valence-electron chi connectivity index (χ2n) is 3.84. The van der Waals surface area contributed by atoms with Gasteiger partial charge in [0, 0.05) is 18.1 Å². The van der Waals surface area contributed by atoms with Gasteiger partial charge in [0.25, 0.3) is 0 Å². The minimum absolute atomic E-state index is 0.665. The third kappa shape index (κ3) is 2.56. The Morgan fingerprint density at radius 2 is 2.12 bits per heavy atom. The van der Waals surface area contributed by atoms with Gasteiger partial charge in [0.15, 0.2) is 0 Å². The van der Waals surface area contributed by atoms with Crippen LogP contribution in [0.2, 0.25) is 0 Å². The van der Waals surface area contributed by atoms with Crippen molar-refractivity contribution in [1.29, 1.82) is 0 Å². The van der Waals surface area contributed by atoms with Gasteiger partial charge in [-0.25, -0.2) is 0 Å². The molecule has 1 N–H and O–H groups in total. The normalized spacial score (nSPS) is 10.7. The van der Waals surface area contributed by atoms with Crippen molar-refractivity contribution < 1.29 is 4.74 Å². The van der Waals surface area contributed by atoms with Crippen molar-refractivity contribution in [1.82, 2.24) is 10.3 Å². The monoisotopic (exact) mass is 230 g/mol. The highest BCUT2D eigenvalue weighted by Gasteiger charge is 2.06. The Morgan fingerprint density at radius 3 is 2.88 bits per heavy atom. The summed E-state index contributed by atoms with van der Waals surface area (Å²) in [5.41, 5.74) is 2.21. The number of fused-ring (bicyclic) bond motifs is 1. The Balaban J connectivity index is 2.46. The lowest BCUT2D eigenvalue weighted by Crippen LogP contribution is -2.12. The summed E-state index contributed by atoms with van der Waals surface area (Å²) in [7, 11) is 0. The summed E-state index contributed by atoms with van der Waals surface area (Å²) in [4.78, 5) is 4.42. The number of nitrogens with zero attached hydrogens (tertiary/aromatic N) is 1. The number of aromatic nitrogens is 1. The van der Waals surface area contributed by atoms with Crippen molar-refractivity contribution >= 4 is 10.9 Å². The summed E-state index contributed by atoms with van der Waals surface area (Å²) >= 11 is 0. The fourth-order valence-corrected chi connectivity index (χ4v) is 1.89. The van der Waals surface area contributed by atoms with E-state index in [1.165, 1.54) is 10.9 Å². The number of hydrogen-bond donors (Lipinski definition) is 1. The van der Waals surface area contributed by atoms with E-state index >= 15 is 0 Å². The van der Waals surface area contributed by atoms with Crippen molar-refractivity contribution in [2.45, 2.75) is 20.4 Å². The van der Waals surface area contributed by atoms with Gasteiger partial charge in [0.1, 0.15) is 11.3 Å². The first-order valence-corrected chi connectivity index (χ1v) is 6.07. The van der Waals surface area contributed by atoms with Gasteiger partial charge >= 0.3 is 0 Å². The topological polar surface area (TPSA) is 34.1 Å². The van der Waals surface area contributed by atoms with E-state index in [4.69, 9.17) is 4.74 Å². The van der Waals surface area contributed by atoms with Crippen LogP contribution in [0.5, 0.6) is 5.75 Å². The van der Waals surface area contributed by atoms with Gasteiger partial charge in [-0.05, 0) is 31.2 Å². The molecule has 1 aromatic carbocycles. The molecule has 0 saturated heterocycles. The van der Waals surface area contributed by atoms with Gasteiger partial charge in [0.05, 0.1) is 6.61 Å². The van der Waals surface area contributed by atoms with Crippen LogP contribution < -0.4 is 10.1 Å². The molecular weight excluding hydrogens is 212 g/mol. The quantitative estimate of drug-likeness (QED) is 0.857. The highest BCUT2D eigenvalue weighted by Crippen LogP contribution is 2.26. The van der Waals surface area contributed by atoms with Crippen molar-refractivity contribution in [2.75, 3.05) is 13.2 Å². The maximum Gasteiger partial charge on any atom is 0.145 e. The standard InChI is InChI=1S/C14H18N2O/c1-3-15-10-11-7-8-13(17-4-2)14-12(11)6-5-9-16-14/h5-9,15H,3-4,10H2,1-2H3. The zero-order valence-electron chi connectivity index (χ0n) is 10.4. The van der Waals surface area contributed by atoms with Crippen LogP contribution in [0.4, 0.5) is 0 Å². The van der Waals surface area contributed by atoms with Crippen LogP contribution in [-0.4, -0.2) is 18.1 Å². The van der Waals surface area contributed by atoms with Crippen LogP contribution >= 0.6 is 0 Å². The molecule has 90 valence electrons. The lowest BCUT2D eigenvalue weighted by molar-refractivity contribution is 0.343. The second kappa shape index (κ2) is 5.64. The Bertz CT molecular complexity index is 497. The molecule has 0 radical (unpaired) electrons.